The molecule has 0 spiro atoms. The minimum Gasteiger partial charge on any atom is -0.354 e. The molecule has 1 aromatic heterocycles. The Bertz CT molecular complexity index is 545. The third kappa shape index (κ3) is 3.14. The van der Waals surface area contributed by atoms with Gasteiger partial charge in [-0.15, -0.1) is 0 Å². The number of hydrogen-bond donors (Lipinski definition) is 2. The van der Waals surface area contributed by atoms with Crippen LogP contribution in [0, 0.1) is 10.1 Å². The molecule has 0 aromatic carbocycles. The number of rotatable bonds is 6. The maximum Gasteiger partial charge on any atom is 0.411 e. The molecule has 116 valence electrons. The summed E-state index contributed by atoms with van der Waals surface area (Å²) in [5.41, 5.74) is -2.69. The zero-order valence-electron chi connectivity index (χ0n) is 11.2. The molecule has 1 saturated carbocycles. The van der Waals surface area contributed by atoms with E-state index in [4.69, 9.17) is 0 Å². The predicted molar refractivity (Wildman–Crippen MR) is 69.1 cm³/mol. The van der Waals surface area contributed by atoms with Crippen molar-refractivity contribution in [1.82, 2.24) is 9.97 Å². The highest BCUT2D eigenvalue weighted by Gasteiger charge is 2.64. The van der Waals surface area contributed by atoms with Crippen LogP contribution in [-0.4, -0.2) is 33.2 Å². The standard InChI is InChI=1S/C11H14F3N5O2/c1-2-5-15-9-16-6-7(19(20)21)8(17-9)18-10(3-4-10)11(12,13)14/h6H,2-5H2,1H3,(H2,15,16,17,18). The number of nitro groups is 1. The molecular weight excluding hydrogens is 291 g/mol. The molecule has 1 aliphatic rings. The smallest absolute Gasteiger partial charge is 0.354 e. The average molecular weight is 305 g/mol. The Balaban J connectivity index is 2.29. The van der Waals surface area contributed by atoms with Crippen molar-refractivity contribution < 1.29 is 18.1 Å². The van der Waals surface area contributed by atoms with Gasteiger partial charge in [-0.1, -0.05) is 6.92 Å². The van der Waals surface area contributed by atoms with Crippen molar-refractivity contribution in [2.75, 3.05) is 17.2 Å². The van der Waals surface area contributed by atoms with Gasteiger partial charge < -0.3 is 10.6 Å². The van der Waals surface area contributed by atoms with Crippen LogP contribution in [0.1, 0.15) is 26.2 Å². The number of nitrogens with zero attached hydrogens (tertiary/aromatic N) is 3. The van der Waals surface area contributed by atoms with Gasteiger partial charge in [0.15, 0.2) is 0 Å². The monoisotopic (exact) mass is 305 g/mol. The average Bonchev–Trinajstić information content (AvgIpc) is 3.16. The zero-order valence-corrected chi connectivity index (χ0v) is 11.2. The Labute approximate surface area is 118 Å². The van der Waals surface area contributed by atoms with Gasteiger partial charge in [-0.25, -0.2) is 4.98 Å². The van der Waals surface area contributed by atoms with Crippen LogP contribution in [-0.2, 0) is 0 Å². The summed E-state index contributed by atoms with van der Waals surface area (Å²) in [5.74, 6) is -0.355. The molecule has 0 saturated heterocycles. The zero-order chi connectivity index (χ0) is 15.7. The summed E-state index contributed by atoms with van der Waals surface area (Å²) in [4.78, 5) is 17.6. The van der Waals surface area contributed by atoms with Crippen LogP contribution in [0.5, 0.6) is 0 Å². The van der Waals surface area contributed by atoms with E-state index in [-0.39, 0.29) is 18.8 Å². The second kappa shape index (κ2) is 5.34. The number of aromatic nitrogens is 2. The molecule has 2 rings (SSSR count). The van der Waals surface area contributed by atoms with Gasteiger partial charge in [-0.05, 0) is 19.3 Å². The van der Waals surface area contributed by atoms with E-state index in [9.17, 15) is 23.3 Å². The summed E-state index contributed by atoms with van der Waals surface area (Å²) >= 11 is 0. The topological polar surface area (TPSA) is 93.0 Å². The summed E-state index contributed by atoms with van der Waals surface area (Å²) in [6, 6.07) is 0. The lowest BCUT2D eigenvalue weighted by molar-refractivity contribution is -0.384. The quantitative estimate of drug-likeness (QED) is 0.620. The van der Waals surface area contributed by atoms with Gasteiger partial charge >= 0.3 is 11.9 Å². The van der Waals surface area contributed by atoms with Crippen molar-refractivity contribution in [1.29, 1.82) is 0 Å². The molecule has 1 aliphatic carbocycles. The SMILES string of the molecule is CCCNc1ncc([N+](=O)[O-])c(NC2(C(F)(F)F)CC2)n1. The first-order chi connectivity index (χ1) is 9.79. The molecular formula is C11H14F3N5O2. The van der Waals surface area contributed by atoms with E-state index in [0.29, 0.717) is 6.54 Å². The first kappa shape index (κ1) is 15.3. The maximum absolute atomic E-state index is 12.9. The Morgan fingerprint density at radius 2 is 2.14 bits per heavy atom. The number of anilines is 2. The molecule has 0 aliphatic heterocycles. The number of alkyl halides is 3. The third-order valence-electron chi connectivity index (χ3n) is 3.15. The van der Waals surface area contributed by atoms with E-state index < -0.39 is 28.1 Å². The highest BCUT2D eigenvalue weighted by molar-refractivity contribution is 5.59. The molecule has 1 heterocycles. The van der Waals surface area contributed by atoms with Crippen LogP contribution >= 0.6 is 0 Å². The first-order valence-corrected chi connectivity index (χ1v) is 6.39. The molecule has 0 unspecified atom stereocenters. The van der Waals surface area contributed by atoms with Gasteiger partial charge in [0, 0.05) is 6.54 Å². The molecule has 10 heteroatoms. The van der Waals surface area contributed by atoms with Crippen molar-refractivity contribution in [2.24, 2.45) is 0 Å². The minimum atomic E-state index is -4.48. The van der Waals surface area contributed by atoms with Gasteiger partial charge in [0.1, 0.15) is 11.7 Å². The van der Waals surface area contributed by atoms with E-state index >= 15 is 0 Å². The maximum atomic E-state index is 12.9. The molecule has 0 radical (unpaired) electrons. The molecule has 0 bridgehead atoms. The van der Waals surface area contributed by atoms with Gasteiger partial charge in [-0.2, -0.15) is 18.2 Å². The molecule has 0 amide bonds. The Kier molecular flexibility index (Phi) is 3.88. The van der Waals surface area contributed by atoms with Gasteiger partial charge in [0.05, 0.1) is 4.92 Å². The lowest BCUT2D eigenvalue weighted by atomic mass is 10.2. The predicted octanol–water partition coefficient (Wildman–Crippen LogP) is 2.71. The van der Waals surface area contributed by atoms with Crippen LogP contribution < -0.4 is 10.6 Å². The van der Waals surface area contributed by atoms with Crippen LogP contribution in [0.4, 0.5) is 30.6 Å². The summed E-state index contributed by atoms with van der Waals surface area (Å²) in [5, 5.41) is 15.8. The lowest BCUT2D eigenvalue weighted by Gasteiger charge is -2.21. The summed E-state index contributed by atoms with van der Waals surface area (Å²) < 4.78 is 38.8. The van der Waals surface area contributed by atoms with E-state index in [1.807, 2.05) is 6.92 Å². The molecule has 21 heavy (non-hydrogen) atoms. The van der Waals surface area contributed by atoms with Crippen LogP contribution in [0.3, 0.4) is 0 Å². The van der Waals surface area contributed by atoms with Crippen molar-refractivity contribution in [3.63, 3.8) is 0 Å². The summed E-state index contributed by atoms with van der Waals surface area (Å²) in [7, 11) is 0. The van der Waals surface area contributed by atoms with Crippen LogP contribution in [0.15, 0.2) is 6.20 Å². The van der Waals surface area contributed by atoms with Gasteiger partial charge in [-0.3, -0.25) is 10.1 Å². The second-order valence-electron chi connectivity index (χ2n) is 4.82. The highest BCUT2D eigenvalue weighted by atomic mass is 19.4. The lowest BCUT2D eigenvalue weighted by Crippen LogP contribution is -2.39. The van der Waals surface area contributed by atoms with Crippen molar-refractivity contribution in [3.8, 4) is 0 Å². The van der Waals surface area contributed by atoms with Crippen molar-refractivity contribution in [2.45, 2.75) is 37.9 Å². The second-order valence-corrected chi connectivity index (χ2v) is 4.82. The van der Waals surface area contributed by atoms with Crippen LogP contribution in [0.2, 0.25) is 0 Å². The van der Waals surface area contributed by atoms with Crippen LogP contribution in [0.25, 0.3) is 0 Å². The van der Waals surface area contributed by atoms with Gasteiger partial charge in [0.2, 0.25) is 11.8 Å². The Morgan fingerprint density at radius 3 is 2.62 bits per heavy atom. The summed E-state index contributed by atoms with van der Waals surface area (Å²) in [6.45, 7) is 2.40. The largest absolute Gasteiger partial charge is 0.411 e. The van der Waals surface area contributed by atoms with E-state index in [0.717, 1.165) is 12.6 Å². The molecule has 0 atom stereocenters. The highest BCUT2D eigenvalue weighted by Crippen LogP contribution is 2.51. The molecule has 7 nitrogen and oxygen atoms in total. The van der Waals surface area contributed by atoms with Gasteiger partial charge in [0.25, 0.3) is 0 Å². The molecule has 2 N–H and O–H groups in total. The molecule has 1 aromatic rings. The number of halogens is 3. The fraction of sp³-hybridized carbons (Fsp3) is 0.636. The van der Waals surface area contributed by atoms with E-state index in [2.05, 4.69) is 20.6 Å². The fourth-order valence-electron chi connectivity index (χ4n) is 1.75. The number of nitrogens with one attached hydrogen (secondary N) is 2. The Morgan fingerprint density at radius 1 is 1.48 bits per heavy atom. The normalized spacial score (nSPS) is 16.4. The third-order valence-corrected chi connectivity index (χ3v) is 3.15. The molecule has 1 fully saturated rings. The van der Waals surface area contributed by atoms with Crippen molar-refractivity contribution >= 4 is 17.5 Å². The Hall–Kier alpha value is -2.13. The van der Waals surface area contributed by atoms with E-state index in [1.54, 1.807) is 0 Å². The number of hydrogen-bond acceptors (Lipinski definition) is 6. The first-order valence-electron chi connectivity index (χ1n) is 6.39. The fourth-order valence-corrected chi connectivity index (χ4v) is 1.75. The van der Waals surface area contributed by atoms with Crippen molar-refractivity contribution in [3.05, 3.63) is 16.3 Å². The van der Waals surface area contributed by atoms with E-state index in [1.165, 1.54) is 0 Å². The minimum absolute atomic E-state index is 0.0583. The summed E-state index contributed by atoms with van der Waals surface area (Å²) in [6.07, 6.45) is -3.08.